The summed E-state index contributed by atoms with van der Waals surface area (Å²) in [7, 11) is 0. The Balaban J connectivity index is 1.86. The molecule has 1 aromatic heterocycles. The topological polar surface area (TPSA) is 65.2 Å². The number of nitrogens with zero attached hydrogens (tertiary/aromatic N) is 2. The Labute approximate surface area is 112 Å². The molecule has 0 N–H and O–H groups in total. The van der Waals surface area contributed by atoms with E-state index in [4.69, 9.17) is 9.26 Å². The highest BCUT2D eigenvalue weighted by Gasteiger charge is 2.49. The van der Waals surface area contributed by atoms with Gasteiger partial charge < -0.3 is 9.26 Å². The molecule has 0 aromatic carbocycles. The fourth-order valence-electron chi connectivity index (χ4n) is 3.01. The SMILES string of the molecule is CCOC(=O)C1(c2nc(C3CCC3)no2)CCCC1. The molecule has 3 rings (SSSR count). The fraction of sp³-hybridized carbons (Fsp3) is 0.786. The molecule has 0 saturated heterocycles. The highest BCUT2D eigenvalue weighted by atomic mass is 16.5. The molecule has 5 nitrogen and oxygen atoms in total. The molecule has 1 aromatic rings. The van der Waals surface area contributed by atoms with E-state index in [9.17, 15) is 4.79 Å². The largest absolute Gasteiger partial charge is 0.465 e. The molecule has 0 radical (unpaired) electrons. The summed E-state index contributed by atoms with van der Waals surface area (Å²) < 4.78 is 10.6. The van der Waals surface area contributed by atoms with Crippen LogP contribution in [0.3, 0.4) is 0 Å². The summed E-state index contributed by atoms with van der Waals surface area (Å²) in [6.45, 7) is 2.22. The van der Waals surface area contributed by atoms with Gasteiger partial charge in [0.1, 0.15) is 5.41 Å². The van der Waals surface area contributed by atoms with Gasteiger partial charge in [0.25, 0.3) is 0 Å². The smallest absolute Gasteiger partial charge is 0.321 e. The molecule has 19 heavy (non-hydrogen) atoms. The monoisotopic (exact) mass is 264 g/mol. The third-order valence-electron chi connectivity index (χ3n) is 4.44. The van der Waals surface area contributed by atoms with Gasteiger partial charge in [0, 0.05) is 5.92 Å². The van der Waals surface area contributed by atoms with Crippen molar-refractivity contribution in [2.24, 2.45) is 0 Å². The van der Waals surface area contributed by atoms with Gasteiger partial charge in [-0.1, -0.05) is 24.4 Å². The van der Waals surface area contributed by atoms with E-state index in [0.29, 0.717) is 18.4 Å². The molecular weight excluding hydrogens is 244 g/mol. The Kier molecular flexibility index (Phi) is 3.29. The number of ether oxygens (including phenoxy) is 1. The van der Waals surface area contributed by atoms with Gasteiger partial charge >= 0.3 is 5.97 Å². The number of carbonyl (C=O) groups is 1. The van der Waals surface area contributed by atoms with Crippen molar-refractivity contribution < 1.29 is 14.1 Å². The molecule has 2 aliphatic rings. The van der Waals surface area contributed by atoms with E-state index in [0.717, 1.165) is 44.3 Å². The number of carbonyl (C=O) groups excluding carboxylic acids is 1. The summed E-state index contributed by atoms with van der Waals surface area (Å²) in [5.74, 6) is 1.48. The highest BCUT2D eigenvalue weighted by molar-refractivity contribution is 5.82. The predicted molar refractivity (Wildman–Crippen MR) is 67.7 cm³/mol. The van der Waals surface area contributed by atoms with E-state index < -0.39 is 5.41 Å². The fourth-order valence-corrected chi connectivity index (χ4v) is 3.01. The third kappa shape index (κ3) is 2.05. The van der Waals surface area contributed by atoms with Gasteiger partial charge in [0.15, 0.2) is 5.82 Å². The van der Waals surface area contributed by atoms with Crippen molar-refractivity contribution in [3.8, 4) is 0 Å². The normalized spacial score (nSPS) is 22.2. The van der Waals surface area contributed by atoms with Crippen LogP contribution in [-0.4, -0.2) is 22.7 Å². The van der Waals surface area contributed by atoms with E-state index >= 15 is 0 Å². The van der Waals surface area contributed by atoms with E-state index in [2.05, 4.69) is 10.1 Å². The Morgan fingerprint density at radius 1 is 1.37 bits per heavy atom. The number of hydrogen-bond acceptors (Lipinski definition) is 5. The maximum atomic E-state index is 12.3. The summed E-state index contributed by atoms with van der Waals surface area (Å²) in [5.41, 5.74) is -0.676. The van der Waals surface area contributed by atoms with Crippen LogP contribution in [0.1, 0.15) is 69.5 Å². The lowest BCUT2D eigenvalue weighted by atomic mass is 9.84. The van der Waals surface area contributed by atoms with Crippen molar-refractivity contribution in [2.75, 3.05) is 6.61 Å². The van der Waals surface area contributed by atoms with E-state index in [-0.39, 0.29) is 5.97 Å². The highest BCUT2D eigenvalue weighted by Crippen LogP contribution is 2.43. The lowest BCUT2D eigenvalue weighted by Gasteiger charge is -2.22. The number of rotatable bonds is 4. The second-order valence-electron chi connectivity index (χ2n) is 5.60. The van der Waals surface area contributed by atoms with Gasteiger partial charge in [-0.25, -0.2) is 0 Å². The maximum absolute atomic E-state index is 12.3. The van der Waals surface area contributed by atoms with Gasteiger partial charge in [-0.2, -0.15) is 4.98 Å². The zero-order chi connectivity index (χ0) is 13.3. The van der Waals surface area contributed by atoms with Crippen molar-refractivity contribution in [3.63, 3.8) is 0 Å². The lowest BCUT2D eigenvalue weighted by molar-refractivity contribution is -0.151. The van der Waals surface area contributed by atoms with E-state index in [1.165, 1.54) is 6.42 Å². The first-order chi connectivity index (χ1) is 9.26. The molecular formula is C14H20N2O3. The zero-order valence-electron chi connectivity index (χ0n) is 11.4. The van der Waals surface area contributed by atoms with Crippen LogP contribution >= 0.6 is 0 Å². The first kappa shape index (κ1) is 12.6. The summed E-state index contributed by atoms with van der Waals surface area (Å²) in [5, 5.41) is 4.08. The van der Waals surface area contributed by atoms with Crippen LogP contribution in [0, 0.1) is 0 Å². The summed E-state index contributed by atoms with van der Waals surface area (Å²) in [6.07, 6.45) is 7.05. The molecule has 0 unspecified atom stereocenters. The first-order valence-electron chi connectivity index (χ1n) is 7.27. The minimum atomic E-state index is -0.676. The minimum Gasteiger partial charge on any atom is -0.465 e. The second kappa shape index (κ2) is 4.94. The molecule has 104 valence electrons. The van der Waals surface area contributed by atoms with Crippen molar-refractivity contribution in [1.29, 1.82) is 0 Å². The first-order valence-corrected chi connectivity index (χ1v) is 7.27. The third-order valence-corrected chi connectivity index (χ3v) is 4.44. The van der Waals surface area contributed by atoms with E-state index in [1.807, 2.05) is 6.92 Å². The van der Waals surface area contributed by atoms with Crippen LogP contribution in [0.2, 0.25) is 0 Å². The Bertz CT molecular complexity index is 459. The Hall–Kier alpha value is -1.39. The van der Waals surface area contributed by atoms with Gasteiger partial charge in [0.2, 0.25) is 5.89 Å². The molecule has 0 aliphatic heterocycles. The number of aromatic nitrogens is 2. The van der Waals surface area contributed by atoms with Crippen LogP contribution < -0.4 is 0 Å². The van der Waals surface area contributed by atoms with Crippen molar-refractivity contribution in [3.05, 3.63) is 11.7 Å². The Morgan fingerprint density at radius 3 is 2.68 bits per heavy atom. The molecule has 1 heterocycles. The van der Waals surface area contributed by atoms with Crippen LogP contribution in [-0.2, 0) is 14.9 Å². The molecule has 2 fully saturated rings. The molecule has 0 bridgehead atoms. The van der Waals surface area contributed by atoms with Crippen molar-refractivity contribution in [1.82, 2.24) is 10.1 Å². The van der Waals surface area contributed by atoms with Gasteiger partial charge in [-0.3, -0.25) is 4.79 Å². The molecule has 0 amide bonds. The van der Waals surface area contributed by atoms with E-state index in [1.54, 1.807) is 0 Å². The van der Waals surface area contributed by atoms with Crippen molar-refractivity contribution in [2.45, 2.75) is 63.2 Å². The van der Waals surface area contributed by atoms with Gasteiger partial charge in [0.05, 0.1) is 6.61 Å². The van der Waals surface area contributed by atoms with Crippen LogP contribution in [0.15, 0.2) is 4.52 Å². The van der Waals surface area contributed by atoms with Crippen LogP contribution in [0.4, 0.5) is 0 Å². The maximum Gasteiger partial charge on any atom is 0.321 e. The quantitative estimate of drug-likeness (QED) is 0.782. The lowest BCUT2D eigenvalue weighted by Crippen LogP contribution is -2.35. The minimum absolute atomic E-state index is 0.198. The van der Waals surface area contributed by atoms with Crippen LogP contribution in [0.5, 0.6) is 0 Å². The summed E-state index contributed by atoms with van der Waals surface area (Å²) in [4.78, 5) is 16.8. The standard InChI is InChI=1S/C14H20N2O3/c1-2-18-13(17)14(8-3-4-9-14)12-15-11(16-19-12)10-6-5-7-10/h10H,2-9H2,1H3. The van der Waals surface area contributed by atoms with Crippen molar-refractivity contribution >= 4 is 5.97 Å². The molecule has 5 heteroatoms. The summed E-state index contributed by atoms with van der Waals surface area (Å²) in [6, 6.07) is 0. The van der Waals surface area contributed by atoms with Crippen LogP contribution in [0.25, 0.3) is 0 Å². The second-order valence-corrected chi connectivity index (χ2v) is 5.60. The average Bonchev–Trinajstić information content (AvgIpc) is 2.95. The number of hydrogen-bond donors (Lipinski definition) is 0. The average molecular weight is 264 g/mol. The Morgan fingerprint density at radius 2 is 2.11 bits per heavy atom. The molecule has 2 aliphatic carbocycles. The molecule has 2 saturated carbocycles. The number of esters is 1. The van der Waals surface area contributed by atoms with Gasteiger partial charge in [-0.05, 0) is 32.6 Å². The zero-order valence-corrected chi connectivity index (χ0v) is 11.4. The predicted octanol–water partition coefficient (Wildman–Crippen LogP) is 2.71. The molecule has 0 atom stereocenters. The molecule has 0 spiro atoms. The summed E-state index contributed by atoms with van der Waals surface area (Å²) >= 11 is 0. The van der Waals surface area contributed by atoms with Gasteiger partial charge in [-0.15, -0.1) is 0 Å².